The van der Waals surface area contributed by atoms with Gasteiger partial charge in [-0.15, -0.1) is 0 Å². The number of hydrogen-bond donors (Lipinski definition) is 13. The number of rotatable bonds is 14. The molecule has 0 aromatic carbocycles. The Morgan fingerprint density at radius 2 is 1.69 bits per heavy atom. The zero-order chi connectivity index (χ0) is 27.6. The maximum absolute atomic E-state index is 10.3. The molecule has 1 aliphatic rings. The van der Waals surface area contributed by atoms with E-state index < -0.39 is 61.1 Å². The van der Waals surface area contributed by atoms with Crippen molar-refractivity contribution in [2.24, 2.45) is 22.9 Å². The smallest absolute Gasteiger partial charge is 0.216 e. The van der Waals surface area contributed by atoms with Crippen LogP contribution < -0.4 is 28.3 Å². The summed E-state index contributed by atoms with van der Waals surface area (Å²) in [6, 6.07) is -2.24. The van der Waals surface area contributed by atoms with Crippen molar-refractivity contribution in [1.82, 2.24) is 5.32 Å². The van der Waals surface area contributed by atoms with Crippen molar-refractivity contribution in [3.63, 3.8) is 0 Å². The third-order valence-corrected chi connectivity index (χ3v) is 5.61. The topological polar surface area (TPSA) is 296 Å². The van der Waals surface area contributed by atoms with E-state index in [0.29, 0.717) is 0 Å². The van der Waals surface area contributed by atoms with Crippen LogP contribution in [0.25, 0.3) is 0 Å². The molecule has 15 nitrogen and oxygen atoms in total. The molecule has 9 atom stereocenters. The molecular weight excluding hydrogens is 482 g/mol. The highest BCUT2D eigenvalue weighted by molar-refractivity contribution is 5.11. The van der Waals surface area contributed by atoms with Crippen molar-refractivity contribution in [3.8, 4) is 0 Å². The van der Waals surface area contributed by atoms with Gasteiger partial charge in [0.2, 0.25) is 12.6 Å². The fourth-order valence-corrected chi connectivity index (χ4v) is 3.51. The highest BCUT2D eigenvalue weighted by atomic mass is 16.7. The van der Waals surface area contributed by atoms with Gasteiger partial charge in [0.1, 0.15) is 29.4 Å². The van der Waals surface area contributed by atoms with Gasteiger partial charge < -0.3 is 78.6 Å². The number of nitrogens with one attached hydrogen (secondary N) is 1. The van der Waals surface area contributed by atoms with Gasteiger partial charge in [-0.05, 0) is 25.3 Å². The van der Waals surface area contributed by atoms with E-state index in [4.69, 9.17) is 37.5 Å². The minimum atomic E-state index is -1.96. The van der Waals surface area contributed by atoms with Crippen molar-refractivity contribution in [2.75, 3.05) is 13.7 Å². The number of ether oxygens (including phenoxy) is 2. The summed E-state index contributed by atoms with van der Waals surface area (Å²) in [6.45, 7) is -0.235. The first-order valence-corrected chi connectivity index (χ1v) is 11.4. The van der Waals surface area contributed by atoms with E-state index >= 15 is 0 Å². The van der Waals surface area contributed by atoms with E-state index in [9.17, 15) is 35.7 Å². The molecule has 0 radical (unpaired) electrons. The van der Waals surface area contributed by atoms with Gasteiger partial charge in [0.25, 0.3) is 0 Å². The van der Waals surface area contributed by atoms with Gasteiger partial charge in [-0.3, -0.25) is 0 Å². The highest BCUT2D eigenvalue weighted by Crippen LogP contribution is 2.23. The molecule has 36 heavy (non-hydrogen) atoms. The van der Waals surface area contributed by atoms with Gasteiger partial charge in [0.15, 0.2) is 6.29 Å². The van der Waals surface area contributed by atoms with Crippen molar-refractivity contribution in [3.05, 3.63) is 35.1 Å². The average molecular weight is 524 g/mol. The molecule has 0 aliphatic heterocycles. The van der Waals surface area contributed by atoms with Crippen molar-refractivity contribution in [2.45, 2.75) is 81.0 Å². The monoisotopic (exact) mass is 523 g/mol. The number of aliphatic hydroxyl groups is 8. The van der Waals surface area contributed by atoms with E-state index in [0.717, 1.165) is 6.08 Å². The SMILES string of the molecule is CN/C(=C(/O)CC/C=C(/N)[C@H](O)O[C@@H]1C(N)C[C@@H](N)C(O)C1O)C(O)O[C@@H](O)/C(O)=C\[C@H](N)CCO. The Balaban J connectivity index is 2.71. The lowest BCUT2D eigenvalue weighted by Gasteiger charge is -2.40. The zero-order valence-electron chi connectivity index (χ0n) is 20.1. The Labute approximate surface area is 208 Å². The first-order valence-electron chi connectivity index (χ1n) is 11.4. The van der Waals surface area contributed by atoms with Gasteiger partial charge in [-0.25, -0.2) is 0 Å². The molecule has 0 heterocycles. The standard InChI is InChI=1S/C21H41N5O10/c1-26-15(21(34)36-20(33)14(29)7-9(22)5-6-27)13(28)4-2-3-10(23)19(32)35-18-12(25)8-11(24)16(30)17(18)31/h3,7,9,11-12,16-21,26-34H,2,4-6,8,22-25H2,1H3/b10-3+,14-7+,15-13+/t9-,11-,12?,16?,17?,18-,19-,20-,21?/m1/s1. The Morgan fingerprint density at radius 3 is 2.28 bits per heavy atom. The second-order valence-corrected chi connectivity index (χ2v) is 8.46. The van der Waals surface area contributed by atoms with Gasteiger partial charge in [-0.2, -0.15) is 0 Å². The van der Waals surface area contributed by atoms with Crippen LogP contribution in [0.5, 0.6) is 0 Å². The molecule has 4 unspecified atom stereocenters. The van der Waals surface area contributed by atoms with Gasteiger partial charge in [-0.1, -0.05) is 6.08 Å². The van der Waals surface area contributed by atoms with Crippen LogP contribution in [0, 0.1) is 0 Å². The third kappa shape index (κ3) is 9.45. The summed E-state index contributed by atoms with van der Waals surface area (Å²) in [7, 11) is 1.37. The predicted molar refractivity (Wildman–Crippen MR) is 127 cm³/mol. The largest absolute Gasteiger partial charge is 0.510 e. The van der Waals surface area contributed by atoms with E-state index in [1.54, 1.807) is 0 Å². The van der Waals surface area contributed by atoms with Crippen LogP contribution in [-0.2, 0) is 9.47 Å². The summed E-state index contributed by atoms with van der Waals surface area (Å²) in [4.78, 5) is 0. The molecule has 1 fully saturated rings. The number of hydrogen-bond acceptors (Lipinski definition) is 15. The lowest BCUT2D eigenvalue weighted by Crippen LogP contribution is -2.62. The summed E-state index contributed by atoms with van der Waals surface area (Å²) < 4.78 is 10.2. The molecule has 1 saturated carbocycles. The molecule has 1 rings (SSSR count). The Bertz CT molecular complexity index is 767. The van der Waals surface area contributed by atoms with E-state index in [-0.39, 0.29) is 49.4 Å². The normalized spacial score (nSPS) is 29.8. The maximum Gasteiger partial charge on any atom is 0.216 e. The van der Waals surface area contributed by atoms with Crippen LogP contribution in [0.2, 0.25) is 0 Å². The summed E-state index contributed by atoms with van der Waals surface area (Å²) in [5.41, 5.74) is 22.6. The van der Waals surface area contributed by atoms with E-state index in [1.807, 2.05) is 0 Å². The number of nitrogens with two attached hydrogens (primary N) is 4. The quantitative estimate of drug-likeness (QED) is 0.0760. The number of aliphatic hydroxyl groups excluding tert-OH is 8. The van der Waals surface area contributed by atoms with Crippen LogP contribution in [0.15, 0.2) is 35.1 Å². The number of allylic oxidation sites excluding steroid dienone is 2. The summed E-state index contributed by atoms with van der Waals surface area (Å²) in [5.74, 6) is -1.06. The van der Waals surface area contributed by atoms with Crippen molar-refractivity contribution < 1.29 is 50.3 Å². The first kappa shape index (κ1) is 32.0. The minimum Gasteiger partial charge on any atom is -0.510 e. The molecule has 17 N–H and O–H groups in total. The van der Waals surface area contributed by atoms with Crippen LogP contribution in [0.1, 0.15) is 25.7 Å². The fourth-order valence-electron chi connectivity index (χ4n) is 3.51. The Kier molecular flexibility index (Phi) is 13.6. The highest BCUT2D eigenvalue weighted by Gasteiger charge is 2.42. The Hall–Kier alpha value is -2.02. The number of likely N-dealkylation sites (N-methyl/N-ethyl adjacent to an activating group) is 1. The molecule has 0 amide bonds. The van der Waals surface area contributed by atoms with Gasteiger partial charge in [0, 0.05) is 38.2 Å². The molecule has 0 spiro atoms. The average Bonchev–Trinajstić information content (AvgIpc) is 2.80. The van der Waals surface area contributed by atoms with E-state index in [1.165, 1.54) is 13.1 Å². The van der Waals surface area contributed by atoms with Crippen molar-refractivity contribution >= 4 is 0 Å². The van der Waals surface area contributed by atoms with Crippen molar-refractivity contribution in [1.29, 1.82) is 0 Å². The molecular formula is C21H41N5O10. The second-order valence-electron chi connectivity index (χ2n) is 8.46. The minimum absolute atomic E-state index is 0.0620. The maximum atomic E-state index is 10.3. The third-order valence-electron chi connectivity index (χ3n) is 5.61. The molecule has 0 aromatic rings. The zero-order valence-corrected chi connectivity index (χ0v) is 20.1. The molecule has 1 aliphatic carbocycles. The van der Waals surface area contributed by atoms with Crippen LogP contribution in [0.4, 0.5) is 0 Å². The lowest BCUT2D eigenvalue weighted by atomic mass is 9.85. The summed E-state index contributed by atoms with van der Waals surface area (Å²) in [5, 5.41) is 81.7. The van der Waals surface area contributed by atoms with Crippen LogP contribution >= 0.6 is 0 Å². The predicted octanol–water partition coefficient (Wildman–Crippen LogP) is -4.11. The molecule has 0 bridgehead atoms. The fraction of sp³-hybridized carbons (Fsp3) is 0.714. The summed E-state index contributed by atoms with van der Waals surface area (Å²) in [6.07, 6.45) is -6.68. The second kappa shape index (κ2) is 15.3. The molecule has 15 heteroatoms. The van der Waals surface area contributed by atoms with Crippen LogP contribution in [0.3, 0.4) is 0 Å². The lowest BCUT2D eigenvalue weighted by molar-refractivity contribution is -0.188. The van der Waals surface area contributed by atoms with E-state index in [2.05, 4.69) is 5.32 Å². The summed E-state index contributed by atoms with van der Waals surface area (Å²) >= 11 is 0. The van der Waals surface area contributed by atoms with Crippen LogP contribution in [-0.4, -0.2) is 110 Å². The first-order chi connectivity index (χ1) is 16.8. The van der Waals surface area contributed by atoms with Gasteiger partial charge >= 0.3 is 0 Å². The molecule has 210 valence electrons. The molecule has 0 aromatic heterocycles. The molecule has 0 saturated heterocycles. The Morgan fingerprint density at radius 1 is 1.06 bits per heavy atom. The van der Waals surface area contributed by atoms with Gasteiger partial charge in [0.05, 0.1) is 11.8 Å².